The van der Waals surface area contributed by atoms with Crippen molar-refractivity contribution in [2.75, 3.05) is 0 Å². The molecule has 0 saturated carbocycles. The summed E-state index contributed by atoms with van der Waals surface area (Å²) in [5.74, 6) is 1.04. The first-order valence-corrected chi connectivity index (χ1v) is 8.84. The number of phenols is 2. The lowest BCUT2D eigenvalue weighted by Crippen LogP contribution is -2.14. The lowest BCUT2D eigenvalue weighted by molar-refractivity contribution is 0.409. The van der Waals surface area contributed by atoms with Gasteiger partial charge in [-0.1, -0.05) is 44.9 Å². The van der Waals surface area contributed by atoms with E-state index >= 15 is 0 Å². The number of rotatable bonds is 6. The summed E-state index contributed by atoms with van der Waals surface area (Å²) in [5, 5.41) is 21.1. The van der Waals surface area contributed by atoms with Gasteiger partial charge in [-0.2, -0.15) is 0 Å². The summed E-state index contributed by atoms with van der Waals surface area (Å²) >= 11 is 0. The molecule has 0 saturated heterocycles. The molecular weight excluding hydrogens is 284 g/mol. The monoisotopic (exact) mass is 314 g/mol. The fraction of sp³-hybridized carbons (Fsp3) is 0.524. The molecule has 0 bridgehead atoms. The zero-order valence-electron chi connectivity index (χ0n) is 14.7. The number of allylic oxidation sites excluding steroid dienone is 3. The van der Waals surface area contributed by atoms with Crippen molar-refractivity contribution in [3.05, 3.63) is 47.1 Å². The average molecular weight is 314 g/mol. The van der Waals surface area contributed by atoms with E-state index in [0.717, 1.165) is 42.4 Å². The number of unbranched alkanes of at least 4 members (excludes halogenated alkanes) is 2. The van der Waals surface area contributed by atoms with Crippen molar-refractivity contribution >= 4 is 0 Å². The molecule has 1 aromatic carbocycles. The Bertz CT molecular complexity index is 575. The van der Waals surface area contributed by atoms with Crippen LogP contribution in [-0.2, 0) is 6.42 Å². The number of hydrogen-bond donors (Lipinski definition) is 2. The fourth-order valence-corrected chi connectivity index (χ4v) is 3.60. The van der Waals surface area contributed by atoms with E-state index in [1.807, 2.05) is 19.1 Å². The van der Waals surface area contributed by atoms with Gasteiger partial charge in [-0.25, -0.2) is 0 Å². The Morgan fingerprint density at radius 1 is 1.22 bits per heavy atom. The zero-order chi connectivity index (χ0) is 17.0. The van der Waals surface area contributed by atoms with Gasteiger partial charge in [-0.3, -0.25) is 0 Å². The van der Waals surface area contributed by atoms with E-state index in [0.29, 0.717) is 11.5 Å². The molecule has 0 radical (unpaired) electrons. The molecule has 0 spiro atoms. The molecule has 0 aromatic heterocycles. The summed E-state index contributed by atoms with van der Waals surface area (Å²) in [5.41, 5.74) is 3.87. The second-order valence-corrected chi connectivity index (χ2v) is 7.07. The van der Waals surface area contributed by atoms with Crippen LogP contribution in [0.25, 0.3) is 0 Å². The van der Waals surface area contributed by atoms with Crippen molar-refractivity contribution in [1.29, 1.82) is 0 Å². The Morgan fingerprint density at radius 3 is 2.43 bits per heavy atom. The maximum absolute atomic E-state index is 10.5. The van der Waals surface area contributed by atoms with Gasteiger partial charge in [-0.15, -0.1) is 0 Å². The van der Waals surface area contributed by atoms with Gasteiger partial charge in [0.05, 0.1) is 0 Å². The molecule has 2 heteroatoms. The van der Waals surface area contributed by atoms with E-state index in [4.69, 9.17) is 0 Å². The highest BCUT2D eigenvalue weighted by molar-refractivity contribution is 5.54. The van der Waals surface area contributed by atoms with Crippen LogP contribution in [0.15, 0.2) is 35.9 Å². The Labute approximate surface area is 140 Å². The Morgan fingerprint density at radius 2 is 1.87 bits per heavy atom. The van der Waals surface area contributed by atoms with Crippen LogP contribution in [0.1, 0.15) is 69.9 Å². The van der Waals surface area contributed by atoms with Gasteiger partial charge in [-0.05, 0) is 61.8 Å². The molecule has 0 aliphatic heterocycles. The number of benzene rings is 1. The average Bonchev–Trinajstić information content (AvgIpc) is 2.46. The van der Waals surface area contributed by atoms with Crippen LogP contribution in [0, 0.1) is 5.92 Å². The molecule has 2 atom stereocenters. The highest BCUT2D eigenvalue weighted by Crippen LogP contribution is 2.46. The lowest BCUT2D eigenvalue weighted by atomic mass is 9.75. The molecule has 0 fully saturated rings. The van der Waals surface area contributed by atoms with E-state index in [2.05, 4.69) is 26.5 Å². The molecule has 0 amide bonds. The minimum atomic E-state index is 0.0425. The van der Waals surface area contributed by atoms with Crippen molar-refractivity contribution in [3.8, 4) is 11.5 Å². The standard InChI is InChI=1S/C21H30O2/c1-5-6-7-8-16-12-19(22)21(20(23)13-16)18-11-15(4)9-10-17(18)14(2)3/h10,12-13,15,18,22-23H,2,5-9,11H2,1,3-4H3. The smallest absolute Gasteiger partial charge is 0.123 e. The summed E-state index contributed by atoms with van der Waals surface area (Å²) in [4.78, 5) is 0. The minimum Gasteiger partial charge on any atom is -0.507 e. The molecule has 2 N–H and O–H groups in total. The van der Waals surface area contributed by atoms with Crippen LogP contribution in [-0.4, -0.2) is 10.2 Å². The normalized spacial score (nSPS) is 21.1. The summed E-state index contributed by atoms with van der Waals surface area (Å²) in [6, 6.07) is 3.67. The van der Waals surface area contributed by atoms with E-state index in [-0.39, 0.29) is 17.4 Å². The molecule has 23 heavy (non-hydrogen) atoms. The third kappa shape index (κ3) is 4.19. The second-order valence-electron chi connectivity index (χ2n) is 7.07. The maximum Gasteiger partial charge on any atom is 0.123 e. The van der Waals surface area contributed by atoms with Crippen LogP contribution in [0.4, 0.5) is 0 Å². The van der Waals surface area contributed by atoms with Crippen molar-refractivity contribution in [1.82, 2.24) is 0 Å². The lowest BCUT2D eigenvalue weighted by Gasteiger charge is -2.30. The highest BCUT2D eigenvalue weighted by atomic mass is 16.3. The predicted octanol–water partition coefficient (Wildman–Crippen LogP) is 5.85. The summed E-state index contributed by atoms with van der Waals surface area (Å²) in [7, 11) is 0. The number of aromatic hydroxyl groups is 2. The summed E-state index contributed by atoms with van der Waals surface area (Å²) < 4.78 is 0. The second kappa shape index (κ2) is 7.72. The predicted molar refractivity (Wildman–Crippen MR) is 97.0 cm³/mol. The molecule has 2 nitrogen and oxygen atoms in total. The molecule has 1 aromatic rings. The molecular formula is C21H30O2. The van der Waals surface area contributed by atoms with E-state index in [9.17, 15) is 10.2 Å². The Hall–Kier alpha value is -1.70. The SMILES string of the molecule is C=C(C)C1=CCC(C)CC1c1c(O)cc(CCCCC)cc1O. The quantitative estimate of drug-likeness (QED) is 0.647. The molecule has 1 aliphatic rings. The Balaban J connectivity index is 2.33. The van der Waals surface area contributed by atoms with Crippen molar-refractivity contribution in [2.24, 2.45) is 5.92 Å². The van der Waals surface area contributed by atoms with Crippen LogP contribution in [0.5, 0.6) is 11.5 Å². The first kappa shape index (κ1) is 17.7. The van der Waals surface area contributed by atoms with Crippen molar-refractivity contribution in [3.63, 3.8) is 0 Å². The van der Waals surface area contributed by atoms with E-state index in [1.165, 1.54) is 12.8 Å². The van der Waals surface area contributed by atoms with Gasteiger partial charge in [0.15, 0.2) is 0 Å². The summed E-state index contributed by atoms with van der Waals surface area (Å²) in [6.45, 7) is 10.5. The maximum atomic E-state index is 10.5. The van der Waals surface area contributed by atoms with Gasteiger partial charge in [0.25, 0.3) is 0 Å². The fourth-order valence-electron chi connectivity index (χ4n) is 3.60. The van der Waals surface area contributed by atoms with Crippen molar-refractivity contribution in [2.45, 2.75) is 65.2 Å². The van der Waals surface area contributed by atoms with Crippen molar-refractivity contribution < 1.29 is 10.2 Å². The van der Waals surface area contributed by atoms with Crippen LogP contribution >= 0.6 is 0 Å². The number of aryl methyl sites for hydroxylation is 1. The molecule has 0 heterocycles. The van der Waals surface area contributed by atoms with Gasteiger partial charge >= 0.3 is 0 Å². The summed E-state index contributed by atoms with van der Waals surface area (Å²) in [6.07, 6.45) is 8.53. The van der Waals surface area contributed by atoms with Gasteiger partial charge in [0.1, 0.15) is 11.5 Å². The Kier molecular flexibility index (Phi) is 5.92. The largest absolute Gasteiger partial charge is 0.507 e. The van der Waals surface area contributed by atoms with E-state index in [1.54, 1.807) is 0 Å². The number of hydrogen-bond acceptors (Lipinski definition) is 2. The molecule has 1 aliphatic carbocycles. The van der Waals surface area contributed by atoms with Gasteiger partial charge < -0.3 is 10.2 Å². The first-order valence-electron chi connectivity index (χ1n) is 8.84. The molecule has 2 unspecified atom stereocenters. The first-order chi connectivity index (χ1) is 10.9. The van der Waals surface area contributed by atoms with E-state index < -0.39 is 0 Å². The van der Waals surface area contributed by atoms with Crippen LogP contribution < -0.4 is 0 Å². The van der Waals surface area contributed by atoms with Gasteiger partial charge in [0, 0.05) is 11.5 Å². The molecule has 2 rings (SSSR count). The van der Waals surface area contributed by atoms with Gasteiger partial charge in [0.2, 0.25) is 0 Å². The van der Waals surface area contributed by atoms with Crippen LogP contribution in [0.2, 0.25) is 0 Å². The third-order valence-electron chi connectivity index (χ3n) is 4.86. The highest BCUT2D eigenvalue weighted by Gasteiger charge is 2.28. The third-order valence-corrected chi connectivity index (χ3v) is 4.86. The minimum absolute atomic E-state index is 0.0425. The molecule has 126 valence electrons. The zero-order valence-corrected chi connectivity index (χ0v) is 14.7. The number of phenolic OH excluding ortho intramolecular Hbond substituents is 2. The topological polar surface area (TPSA) is 40.5 Å². The van der Waals surface area contributed by atoms with Crippen LogP contribution in [0.3, 0.4) is 0 Å².